The van der Waals surface area contributed by atoms with E-state index in [0.29, 0.717) is 5.92 Å². The van der Waals surface area contributed by atoms with Crippen LogP contribution in [0.3, 0.4) is 0 Å². The molecule has 1 aliphatic rings. The zero-order chi connectivity index (χ0) is 12.3. The first kappa shape index (κ1) is 12.0. The topological polar surface area (TPSA) is 42.4 Å². The summed E-state index contributed by atoms with van der Waals surface area (Å²) >= 11 is 0. The van der Waals surface area contributed by atoms with E-state index >= 15 is 0 Å². The Hall–Kier alpha value is -1.42. The van der Waals surface area contributed by atoms with Gasteiger partial charge in [0, 0.05) is 32.0 Å². The van der Waals surface area contributed by atoms with Gasteiger partial charge in [-0.05, 0) is 23.6 Å². The highest BCUT2D eigenvalue weighted by molar-refractivity contribution is 5.73. The molecule has 0 radical (unpaired) electrons. The molecular weight excluding hydrogens is 216 g/mol. The molecule has 1 saturated heterocycles. The van der Waals surface area contributed by atoms with Gasteiger partial charge in [-0.25, -0.2) is 0 Å². The second kappa shape index (κ2) is 5.27. The van der Waals surface area contributed by atoms with E-state index in [0.717, 1.165) is 19.6 Å². The number of carbonyl (C=O) groups is 1. The maximum Gasteiger partial charge on any atom is 0.310 e. The van der Waals surface area contributed by atoms with Gasteiger partial charge in [0.05, 0.1) is 13.0 Å². The third-order valence-electron chi connectivity index (χ3n) is 3.35. The molecule has 1 fully saturated rings. The van der Waals surface area contributed by atoms with Gasteiger partial charge < -0.3 is 4.74 Å². The summed E-state index contributed by atoms with van der Waals surface area (Å²) in [6.07, 6.45) is 3.60. The van der Waals surface area contributed by atoms with Crippen LogP contribution < -0.4 is 0 Å². The number of hydrogen-bond donors (Lipinski definition) is 0. The fourth-order valence-electron chi connectivity index (χ4n) is 2.40. The molecule has 0 aliphatic carbocycles. The first-order valence-corrected chi connectivity index (χ1v) is 5.90. The first-order valence-electron chi connectivity index (χ1n) is 5.90. The SMILES string of the molecule is COC(=O)C1CN(Cc2ccncc2)CC1C. The van der Waals surface area contributed by atoms with Crippen molar-refractivity contribution in [1.82, 2.24) is 9.88 Å². The average Bonchev–Trinajstić information content (AvgIpc) is 2.70. The molecular formula is C13H18N2O2. The minimum atomic E-state index is -0.0882. The van der Waals surface area contributed by atoms with Gasteiger partial charge in [0.15, 0.2) is 0 Å². The van der Waals surface area contributed by atoms with Crippen LogP contribution >= 0.6 is 0 Å². The highest BCUT2D eigenvalue weighted by Gasteiger charge is 2.35. The summed E-state index contributed by atoms with van der Waals surface area (Å²) in [4.78, 5) is 17.9. The number of hydrogen-bond acceptors (Lipinski definition) is 4. The van der Waals surface area contributed by atoms with E-state index in [1.54, 1.807) is 12.4 Å². The third kappa shape index (κ3) is 2.82. The summed E-state index contributed by atoms with van der Waals surface area (Å²) in [5, 5.41) is 0. The number of esters is 1. The van der Waals surface area contributed by atoms with Crippen molar-refractivity contribution in [3.05, 3.63) is 30.1 Å². The molecule has 0 amide bonds. The number of methoxy groups -OCH3 is 1. The minimum Gasteiger partial charge on any atom is -0.469 e. The standard InChI is InChI=1S/C13H18N2O2/c1-10-7-15(9-12(10)13(16)17-2)8-11-3-5-14-6-4-11/h3-6,10,12H,7-9H2,1-2H3. The van der Waals surface area contributed by atoms with Crippen LogP contribution in [0.25, 0.3) is 0 Å². The van der Waals surface area contributed by atoms with Crippen molar-refractivity contribution < 1.29 is 9.53 Å². The Bertz CT molecular complexity index is 380. The van der Waals surface area contributed by atoms with Gasteiger partial charge in [-0.15, -0.1) is 0 Å². The van der Waals surface area contributed by atoms with Crippen LogP contribution in [0.1, 0.15) is 12.5 Å². The molecule has 2 unspecified atom stereocenters. The van der Waals surface area contributed by atoms with Crippen molar-refractivity contribution in [3.63, 3.8) is 0 Å². The molecule has 0 aromatic carbocycles. The van der Waals surface area contributed by atoms with Crippen molar-refractivity contribution in [2.24, 2.45) is 11.8 Å². The number of rotatable bonds is 3. The Labute approximate surface area is 102 Å². The third-order valence-corrected chi connectivity index (χ3v) is 3.35. The van der Waals surface area contributed by atoms with E-state index in [1.165, 1.54) is 12.7 Å². The predicted molar refractivity (Wildman–Crippen MR) is 64.2 cm³/mol. The Balaban J connectivity index is 1.95. The fraction of sp³-hybridized carbons (Fsp3) is 0.538. The van der Waals surface area contributed by atoms with Crippen LogP contribution in [0.2, 0.25) is 0 Å². The predicted octanol–water partition coefficient (Wildman–Crippen LogP) is 1.32. The molecule has 1 aromatic rings. The summed E-state index contributed by atoms with van der Waals surface area (Å²) in [6, 6.07) is 4.02. The quantitative estimate of drug-likeness (QED) is 0.740. The van der Waals surface area contributed by atoms with Crippen LogP contribution in [-0.4, -0.2) is 36.1 Å². The zero-order valence-electron chi connectivity index (χ0n) is 10.3. The average molecular weight is 234 g/mol. The monoisotopic (exact) mass is 234 g/mol. The molecule has 0 saturated carbocycles. The van der Waals surface area contributed by atoms with E-state index in [2.05, 4.69) is 16.8 Å². The lowest BCUT2D eigenvalue weighted by Gasteiger charge is -2.15. The molecule has 17 heavy (non-hydrogen) atoms. The molecule has 2 atom stereocenters. The lowest BCUT2D eigenvalue weighted by Crippen LogP contribution is -2.24. The van der Waals surface area contributed by atoms with Crippen molar-refractivity contribution in [2.75, 3.05) is 20.2 Å². The number of pyridine rings is 1. The largest absolute Gasteiger partial charge is 0.469 e. The lowest BCUT2D eigenvalue weighted by molar-refractivity contribution is -0.146. The van der Waals surface area contributed by atoms with E-state index in [1.807, 2.05) is 12.1 Å². The van der Waals surface area contributed by atoms with Crippen molar-refractivity contribution in [2.45, 2.75) is 13.5 Å². The van der Waals surface area contributed by atoms with Crippen LogP contribution in [-0.2, 0) is 16.1 Å². The van der Waals surface area contributed by atoms with Crippen LogP contribution in [0.15, 0.2) is 24.5 Å². The minimum absolute atomic E-state index is 0.0156. The number of carbonyl (C=O) groups excluding carboxylic acids is 1. The lowest BCUT2D eigenvalue weighted by atomic mass is 9.99. The van der Waals surface area contributed by atoms with Gasteiger partial charge in [-0.1, -0.05) is 6.92 Å². The maximum absolute atomic E-state index is 11.6. The summed E-state index contributed by atoms with van der Waals surface area (Å²) in [5.41, 5.74) is 1.23. The number of likely N-dealkylation sites (tertiary alicyclic amines) is 1. The Morgan fingerprint density at radius 3 is 2.82 bits per heavy atom. The first-order chi connectivity index (χ1) is 8.20. The Morgan fingerprint density at radius 1 is 1.47 bits per heavy atom. The van der Waals surface area contributed by atoms with Crippen molar-refractivity contribution in [1.29, 1.82) is 0 Å². The molecule has 1 aromatic heterocycles. The summed E-state index contributed by atoms with van der Waals surface area (Å²) in [7, 11) is 1.46. The van der Waals surface area contributed by atoms with Gasteiger partial charge in [-0.2, -0.15) is 0 Å². The van der Waals surface area contributed by atoms with Crippen LogP contribution in [0.5, 0.6) is 0 Å². The van der Waals surface area contributed by atoms with Gasteiger partial charge in [0.1, 0.15) is 0 Å². The molecule has 0 N–H and O–H groups in total. The Kier molecular flexibility index (Phi) is 3.74. The number of ether oxygens (including phenoxy) is 1. The molecule has 2 heterocycles. The summed E-state index contributed by atoms with van der Waals surface area (Å²) < 4.78 is 4.83. The highest BCUT2D eigenvalue weighted by Crippen LogP contribution is 2.25. The highest BCUT2D eigenvalue weighted by atomic mass is 16.5. The Morgan fingerprint density at radius 2 is 2.18 bits per heavy atom. The van der Waals surface area contributed by atoms with E-state index in [9.17, 15) is 4.79 Å². The summed E-state index contributed by atoms with van der Waals surface area (Å²) in [5.74, 6) is 0.292. The van der Waals surface area contributed by atoms with E-state index in [-0.39, 0.29) is 11.9 Å². The number of nitrogens with zero attached hydrogens (tertiary/aromatic N) is 2. The number of aromatic nitrogens is 1. The molecule has 4 nitrogen and oxygen atoms in total. The van der Waals surface area contributed by atoms with Crippen molar-refractivity contribution in [3.8, 4) is 0 Å². The van der Waals surface area contributed by atoms with Crippen LogP contribution in [0.4, 0.5) is 0 Å². The molecule has 1 aliphatic heterocycles. The molecule has 2 rings (SSSR count). The zero-order valence-corrected chi connectivity index (χ0v) is 10.3. The van der Waals surface area contributed by atoms with Gasteiger partial charge >= 0.3 is 5.97 Å². The van der Waals surface area contributed by atoms with Gasteiger partial charge in [0.2, 0.25) is 0 Å². The summed E-state index contributed by atoms with van der Waals surface area (Å²) in [6.45, 7) is 4.72. The second-order valence-electron chi connectivity index (χ2n) is 4.66. The fourth-order valence-corrected chi connectivity index (χ4v) is 2.40. The smallest absolute Gasteiger partial charge is 0.310 e. The molecule has 0 bridgehead atoms. The normalized spacial score (nSPS) is 24.8. The molecule has 92 valence electrons. The van der Waals surface area contributed by atoms with Gasteiger partial charge in [0.25, 0.3) is 0 Å². The van der Waals surface area contributed by atoms with E-state index in [4.69, 9.17) is 4.74 Å². The molecule has 0 spiro atoms. The van der Waals surface area contributed by atoms with E-state index < -0.39 is 0 Å². The van der Waals surface area contributed by atoms with Crippen LogP contribution in [0, 0.1) is 11.8 Å². The van der Waals surface area contributed by atoms with Gasteiger partial charge in [-0.3, -0.25) is 14.7 Å². The maximum atomic E-state index is 11.6. The molecule has 4 heteroatoms. The second-order valence-corrected chi connectivity index (χ2v) is 4.66. The van der Waals surface area contributed by atoms with Crippen molar-refractivity contribution >= 4 is 5.97 Å².